The molecule has 0 aromatic carbocycles. The number of hydrogen-bond donors (Lipinski definition) is 1. The van der Waals surface area contributed by atoms with E-state index in [-0.39, 0.29) is 6.42 Å². The number of ether oxygens (including phenoxy) is 1. The summed E-state index contributed by atoms with van der Waals surface area (Å²) in [6, 6.07) is 0.657. The lowest BCUT2D eigenvalue weighted by atomic mass is 10.1. The average molecular weight is 500 g/mol. The van der Waals surface area contributed by atoms with Crippen molar-refractivity contribution in [2.45, 2.75) is 110 Å². The molecule has 0 saturated carbocycles. The van der Waals surface area contributed by atoms with Gasteiger partial charge in [0.2, 0.25) is 0 Å². The van der Waals surface area contributed by atoms with Crippen LogP contribution in [0, 0.1) is 0 Å². The topological polar surface area (TPSA) is 66.0 Å². The van der Waals surface area contributed by atoms with Gasteiger partial charge in [0.15, 0.2) is 25.0 Å². The first kappa shape index (κ1) is 29.9. The van der Waals surface area contributed by atoms with E-state index in [9.17, 15) is 9.18 Å². The number of alkyl halides is 1. The van der Waals surface area contributed by atoms with E-state index >= 15 is 0 Å². The molecule has 2 unspecified atom stereocenters. The highest BCUT2D eigenvalue weighted by atomic mass is 28.5. The number of halogens is 1. The standard InChI is InChI=1S/C19H46FNO5Si4/c1-12-18(20)16-17(2)23-19(22)21-14-13-15-30(24-27(3,4)5,25-28(6,7)8)26-29(9,10)11/h17-18H,12-16H2,1-11H3,(H,21,22). The van der Waals surface area contributed by atoms with E-state index in [0.29, 0.717) is 25.4 Å². The van der Waals surface area contributed by atoms with Crippen LogP contribution in [0.2, 0.25) is 65.0 Å². The maximum Gasteiger partial charge on any atom is 0.469 e. The molecule has 0 spiro atoms. The number of nitrogens with one attached hydrogen (secondary N) is 1. The van der Waals surface area contributed by atoms with Crippen molar-refractivity contribution in [2.24, 2.45) is 0 Å². The van der Waals surface area contributed by atoms with Crippen molar-refractivity contribution in [3.63, 3.8) is 0 Å². The molecule has 0 heterocycles. The molecule has 0 radical (unpaired) electrons. The first-order valence-corrected chi connectivity index (χ1v) is 23.2. The Hall–Kier alpha value is -0.0525. The van der Waals surface area contributed by atoms with Crippen molar-refractivity contribution < 1.29 is 26.3 Å². The summed E-state index contributed by atoms with van der Waals surface area (Å²) in [7, 11) is -8.61. The highest BCUT2D eigenvalue weighted by Gasteiger charge is 2.49. The summed E-state index contributed by atoms with van der Waals surface area (Å²) in [6.45, 7) is 23.3. The second-order valence-corrected chi connectivity index (χ2v) is 27.8. The van der Waals surface area contributed by atoms with Crippen molar-refractivity contribution >= 4 is 39.8 Å². The SMILES string of the molecule is CCC(F)CC(C)OC(=O)NCCC[Si](O[Si](C)(C)C)(O[Si](C)(C)C)O[Si](C)(C)C. The number of rotatable bonds is 14. The number of hydrogen-bond acceptors (Lipinski definition) is 5. The average Bonchev–Trinajstić information content (AvgIpc) is 2.45. The fraction of sp³-hybridized carbons (Fsp3) is 0.947. The third-order valence-corrected chi connectivity index (χ3v) is 15.7. The van der Waals surface area contributed by atoms with Crippen LogP contribution in [-0.4, -0.2) is 58.7 Å². The van der Waals surface area contributed by atoms with E-state index in [1.807, 2.05) is 0 Å². The van der Waals surface area contributed by atoms with Crippen molar-refractivity contribution in [1.82, 2.24) is 5.32 Å². The number of alkyl carbamates (subject to hydrolysis) is 1. The molecule has 6 nitrogen and oxygen atoms in total. The van der Waals surface area contributed by atoms with Gasteiger partial charge in [-0.25, -0.2) is 9.18 Å². The number of carbonyl (C=O) groups is 1. The quantitative estimate of drug-likeness (QED) is 0.230. The van der Waals surface area contributed by atoms with Crippen LogP contribution in [0.1, 0.15) is 33.1 Å². The first-order valence-electron chi connectivity index (χ1n) is 11.1. The molecule has 0 aromatic rings. The molecule has 30 heavy (non-hydrogen) atoms. The maximum absolute atomic E-state index is 13.4. The smallest absolute Gasteiger partial charge is 0.446 e. The molecular weight excluding hydrogens is 454 g/mol. The number of amides is 1. The lowest BCUT2D eigenvalue weighted by Crippen LogP contribution is -2.60. The van der Waals surface area contributed by atoms with Crippen molar-refractivity contribution in [3.05, 3.63) is 0 Å². The molecule has 0 bridgehead atoms. The lowest BCUT2D eigenvalue weighted by molar-refractivity contribution is 0.0853. The van der Waals surface area contributed by atoms with Gasteiger partial charge in [0.1, 0.15) is 12.3 Å². The van der Waals surface area contributed by atoms with E-state index in [1.165, 1.54) is 0 Å². The van der Waals surface area contributed by atoms with Gasteiger partial charge in [-0.3, -0.25) is 0 Å². The predicted molar refractivity (Wildman–Crippen MR) is 132 cm³/mol. The van der Waals surface area contributed by atoms with Gasteiger partial charge in [0.25, 0.3) is 0 Å². The molecule has 0 aliphatic carbocycles. The third-order valence-electron chi connectivity index (χ3n) is 3.65. The largest absolute Gasteiger partial charge is 0.469 e. The Morgan fingerprint density at radius 2 is 1.33 bits per heavy atom. The monoisotopic (exact) mass is 499 g/mol. The van der Waals surface area contributed by atoms with Crippen LogP contribution in [0.3, 0.4) is 0 Å². The van der Waals surface area contributed by atoms with E-state index in [0.717, 1.165) is 0 Å². The Morgan fingerprint density at radius 1 is 0.900 bits per heavy atom. The van der Waals surface area contributed by atoms with E-state index in [1.54, 1.807) is 13.8 Å². The zero-order valence-corrected chi connectivity index (χ0v) is 25.1. The van der Waals surface area contributed by atoms with Crippen molar-refractivity contribution in [1.29, 1.82) is 0 Å². The molecule has 0 rings (SSSR count). The van der Waals surface area contributed by atoms with Gasteiger partial charge in [0, 0.05) is 19.0 Å². The molecule has 180 valence electrons. The molecule has 0 aromatic heterocycles. The van der Waals surface area contributed by atoms with E-state index < -0.39 is 52.1 Å². The molecule has 0 saturated heterocycles. The van der Waals surface area contributed by atoms with Crippen LogP contribution >= 0.6 is 0 Å². The molecule has 0 aliphatic rings. The normalized spacial score (nSPS) is 15.6. The van der Waals surface area contributed by atoms with Gasteiger partial charge in [-0.1, -0.05) is 6.92 Å². The van der Waals surface area contributed by atoms with Gasteiger partial charge >= 0.3 is 14.9 Å². The summed E-state index contributed by atoms with van der Waals surface area (Å²) in [5.74, 6) is 0. The zero-order valence-electron chi connectivity index (χ0n) is 21.1. The molecule has 2 atom stereocenters. The van der Waals surface area contributed by atoms with Crippen LogP contribution in [0.4, 0.5) is 9.18 Å². The van der Waals surface area contributed by atoms with Crippen molar-refractivity contribution in [2.75, 3.05) is 6.54 Å². The second-order valence-electron chi connectivity index (χ2n) is 10.8. The minimum Gasteiger partial charge on any atom is -0.446 e. The zero-order chi connectivity index (χ0) is 23.8. The van der Waals surface area contributed by atoms with Gasteiger partial charge in [-0.2, -0.15) is 0 Å². The summed E-state index contributed by atoms with van der Waals surface area (Å²) >= 11 is 0. The summed E-state index contributed by atoms with van der Waals surface area (Å²) in [5, 5.41) is 2.77. The van der Waals surface area contributed by atoms with Gasteiger partial charge in [0.05, 0.1) is 0 Å². The van der Waals surface area contributed by atoms with Crippen LogP contribution < -0.4 is 5.32 Å². The minimum atomic E-state index is -2.89. The molecule has 11 heteroatoms. The van der Waals surface area contributed by atoms with Gasteiger partial charge in [-0.05, 0) is 78.7 Å². The third kappa shape index (κ3) is 15.7. The Balaban J connectivity index is 5.01. The van der Waals surface area contributed by atoms with E-state index in [4.69, 9.17) is 17.1 Å². The molecule has 1 amide bonds. The minimum absolute atomic E-state index is 0.220. The van der Waals surface area contributed by atoms with Gasteiger partial charge in [-0.15, -0.1) is 0 Å². The molecule has 0 fully saturated rings. The van der Waals surface area contributed by atoms with Crippen LogP contribution in [-0.2, 0) is 17.1 Å². The fourth-order valence-electron chi connectivity index (χ4n) is 2.91. The van der Waals surface area contributed by atoms with Crippen LogP contribution in [0.5, 0.6) is 0 Å². The molecule has 0 aliphatic heterocycles. The van der Waals surface area contributed by atoms with Gasteiger partial charge < -0.3 is 22.4 Å². The lowest BCUT2D eigenvalue weighted by Gasteiger charge is -2.43. The van der Waals surface area contributed by atoms with Crippen molar-refractivity contribution in [3.8, 4) is 0 Å². The first-order chi connectivity index (χ1) is 13.4. The summed E-state index contributed by atoms with van der Waals surface area (Å²) < 4.78 is 38.5. The summed E-state index contributed by atoms with van der Waals surface area (Å²) in [6.07, 6.45) is -0.590. The summed E-state index contributed by atoms with van der Waals surface area (Å²) in [5.41, 5.74) is 0. The Morgan fingerprint density at radius 3 is 1.70 bits per heavy atom. The number of carbonyl (C=O) groups excluding carboxylic acids is 1. The summed E-state index contributed by atoms with van der Waals surface area (Å²) in [4.78, 5) is 12.0. The Bertz CT molecular complexity index is 480. The van der Waals surface area contributed by atoms with Crippen LogP contribution in [0.15, 0.2) is 0 Å². The Kier molecular flexibility index (Phi) is 12.2. The predicted octanol–water partition coefficient (Wildman–Crippen LogP) is 6.12. The molecule has 1 N–H and O–H groups in total. The molecular formula is C19H46FNO5Si4. The Labute approximate surface area is 188 Å². The van der Waals surface area contributed by atoms with Crippen LogP contribution in [0.25, 0.3) is 0 Å². The van der Waals surface area contributed by atoms with E-state index in [2.05, 4.69) is 64.2 Å². The maximum atomic E-state index is 13.4. The highest BCUT2D eigenvalue weighted by molar-refractivity contribution is 6.90. The second kappa shape index (κ2) is 12.3. The highest BCUT2D eigenvalue weighted by Crippen LogP contribution is 2.29. The fourth-order valence-corrected chi connectivity index (χ4v) is 17.6.